The summed E-state index contributed by atoms with van der Waals surface area (Å²) in [5.41, 5.74) is 2.46. The number of aryl methyl sites for hydroxylation is 2. The van der Waals surface area contributed by atoms with Crippen molar-refractivity contribution in [3.63, 3.8) is 0 Å². The molecule has 0 spiro atoms. The van der Waals surface area contributed by atoms with Crippen LogP contribution in [-0.2, 0) is 27.7 Å². The van der Waals surface area contributed by atoms with Crippen molar-refractivity contribution in [1.82, 2.24) is 9.62 Å². The van der Waals surface area contributed by atoms with E-state index in [4.69, 9.17) is 0 Å². The number of hydrogen-bond donors (Lipinski definition) is 2. The molecule has 6 nitrogen and oxygen atoms in total. The van der Waals surface area contributed by atoms with E-state index in [0.717, 1.165) is 24.2 Å². The standard InChI is InChI=1S/C20H31N3O3S/c1-15(2)16(3)21-20(24)14-22-9-11-23(12-10-22)27(25,26)19-8-7-17-5-4-6-18(17)13-19/h7-8,13,15-16H,4-6,9-12,14H2,1-3H3,(H,21,24)/p+1/t16-/m0/s1. The van der Waals surface area contributed by atoms with Gasteiger partial charge in [0.2, 0.25) is 10.0 Å². The van der Waals surface area contributed by atoms with E-state index in [0.29, 0.717) is 43.5 Å². The number of nitrogens with zero attached hydrogens (tertiary/aromatic N) is 1. The lowest BCUT2D eigenvalue weighted by molar-refractivity contribution is -0.895. The van der Waals surface area contributed by atoms with E-state index in [1.165, 1.54) is 11.1 Å². The van der Waals surface area contributed by atoms with Crippen molar-refractivity contribution in [3.05, 3.63) is 29.3 Å². The summed E-state index contributed by atoms with van der Waals surface area (Å²) >= 11 is 0. The molecule has 1 saturated heterocycles. The van der Waals surface area contributed by atoms with Crippen LogP contribution in [0, 0.1) is 5.92 Å². The Morgan fingerprint density at radius 3 is 2.48 bits per heavy atom. The minimum atomic E-state index is -3.45. The highest BCUT2D eigenvalue weighted by molar-refractivity contribution is 7.89. The molecule has 0 radical (unpaired) electrons. The van der Waals surface area contributed by atoms with E-state index in [-0.39, 0.29) is 11.9 Å². The van der Waals surface area contributed by atoms with Crippen LogP contribution >= 0.6 is 0 Å². The Labute approximate surface area is 163 Å². The SMILES string of the molecule is CC(C)[C@H](C)NC(=O)C[NH+]1CCN(S(=O)(=O)c2ccc3c(c2)CCC3)CC1. The summed E-state index contributed by atoms with van der Waals surface area (Å²) in [6.45, 7) is 8.83. The van der Waals surface area contributed by atoms with E-state index in [1.54, 1.807) is 10.4 Å². The molecular weight excluding hydrogens is 362 g/mol. The van der Waals surface area contributed by atoms with Gasteiger partial charge in [-0.05, 0) is 55.4 Å². The fourth-order valence-electron chi connectivity index (χ4n) is 3.78. The maximum atomic E-state index is 13.0. The summed E-state index contributed by atoms with van der Waals surface area (Å²) in [6, 6.07) is 5.73. The van der Waals surface area contributed by atoms with E-state index in [1.807, 2.05) is 19.1 Å². The smallest absolute Gasteiger partial charge is 0.275 e. The van der Waals surface area contributed by atoms with Gasteiger partial charge in [0.15, 0.2) is 6.54 Å². The molecule has 1 heterocycles. The molecule has 0 saturated carbocycles. The van der Waals surface area contributed by atoms with Crippen molar-refractivity contribution in [2.24, 2.45) is 5.92 Å². The molecule has 1 amide bonds. The van der Waals surface area contributed by atoms with Gasteiger partial charge in [0, 0.05) is 6.04 Å². The third-order valence-electron chi connectivity index (χ3n) is 5.94. The highest BCUT2D eigenvalue weighted by Gasteiger charge is 2.32. The Morgan fingerprint density at radius 1 is 1.15 bits per heavy atom. The van der Waals surface area contributed by atoms with Crippen molar-refractivity contribution >= 4 is 15.9 Å². The minimum absolute atomic E-state index is 0.0427. The van der Waals surface area contributed by atoms with Crippen molar-refractivity contribution < 1.29 is 18.1 Å². The number of fused-ring (bicyclic) bond motifs is 1. The van der Waals surface area contributed by atoms with Crippen LogP contribution in [0.4, 0.5) is 0 Å². The zero-order valence-electron chi connectivity index (χ0n) is 16.6. The zero-order valence-corrected chi connectivity index (χ0v) is 17.4. The molecule has 1 aliphatic heterocycles. The highest BCUT2D eigenvalue weighted by Crippen LogP contribution is 2.26. The molecule has 0 aromatic heterocycles. The lowest BCUT2D eigenvalue weighted by atomic mass is 10.1. The van der Waals surface area contributed by atoms with Crippen LogP contribution in [0.3, 0.4) is 0 Å². The Hall–Kier alpha value is -1.44. The molecule has 3 rings (SSSR count). The third kappa shape index (κ3) is 4.70. The van der Waals surface area contributed by atoms with Crippen molar-refractivity contribution in [2.75, 3.05) is 32.7 Å². The van der Waals surface area contributed by atoms with Gasteiger partial charge >= 0.3 is 0 Å². The number of hydrogen-bond acceptors (Lipinski definition) is 3. The first-order valence-corrected chi connectivity index (χ1v) is 11.5. The summed E-state index contributed by atoms with van der Waals surface area (Å²) in [5.74, 6) is 0.444. The van der Waals surface area contributed by atoms with Crippen LogP contribution in [0.2, 0.25) is 0 Å². The summed E-state index contributed by atoms with van der Waals surface area (Å²) in [5, 5.41) is 3.03. The molecule has 2 N–H and O–H groups in total. The molecule has 7 heteroatoms. The van der Waals surface area contributed by atoms with Crippen molar-refractivity contribution in [2.45, 2.75) is 51.0 Å². The average Bonchev–Trinajstić information content (AvgIpc) is 3.09. The average molecular weight is 395 g/mol. The number of rotatable bonds is 6. The van der Waals surface area contributed by atoms with Gasteiger partial charge in [-0.2, -0.15) is 4.31 Å². The molecule has 150 valence electrons. The van der Waals surface area contributed by atoms with Crippen LogP contribution in [0.25, 0.3) is 0 Å². The number of sulfonamides is 1. The number of nitrogens with one attached hydrogen (secondary N) is 2. The lowest BCUT2D eigenvalue weighted by Gasteiger charge is -2.31. The normalized spacial score (nSPS) is 19.9. The third-order valence-corrected chi connectivity index (χ3v) is 7.83. The summed E-state index contributed by atoms with van der Waals surface area (Å²) in [6.07, 6.45) is 3.13. The summed E-state index contributed by atoms with van der Waals surface area (Å²) in [7, 11) is -3.45. The van der Waals surface area contributed by atoms with Crippen molar-refractivity contribution in [1.29, 1.82) is 0 Å². The number of amides is 1. The van der Waals surface area contributed by atoms with Gasteiger partial charge in [-0.15, -0.1) is 0 Å². The molecule has 1 aromatic carbocycles. The monoisotopic (exact) mass is 394 g/mol. The first-order valence-electron chi connectivity index (χ1n) is 10.0. The van der Waals surface area contributed by atoms with Gasteiger partial charge in [-0.1, -0.05) is 19.9 Å². The molecule has 1 fully saturated rings. The van der Waals surface area contributed by atoms with Crippen molar-refractivity contribution in [3.8, 4) is 0 Å². The van der Waals surface area contributed by atoms with E-state index in [2.05, 4.69) is 19.2 Å². The number of quaternary nitrogens is 1. The van der Waals surface area contributed by atoms with Crippen LogP contribution in [0.1, 0.15) is 38.3 Å². The van der Waals surface area contributed by atoms with Gasteiger partial charge in [0.25, 0.3) is 5.91 Å². The number of carbonyl (C=O) groups excluding carboxylic acids is 1. The zero-order chi connectivity index (χ0) is 19.6. The quantitative estimate of drug-likeness (QED) is 0.725. The highest BCUT2D eigenvalue weighted by atomic mass is 32.2. The minimum Gasteiger partial charge on any atom is -0.348 e. The molecule has 1 atom stereocenters. The Bertz CT molecular complexity index is 784. The van der Waals surface area contributed by atoms with Gasteiger partial charge in [-0.25, -0.2) is 8.42 Å². The predicted molar refractivity (Wildman–Crippen MR) is 105 cm³/mol. The first kappa shape index (κ1) is 20.3. The maximum Gasteiger partial charge on any atom is 0.275 e. The Balaban J connectivity index is 1.56. The Kier molecular flexibility index (Phi) is 6.23. The van der Waals surface area contributed by atoms with Crippen LogP contribution in [0.15, 0.2) is 23.1 Å². The summed E-state index contributed by atoms with van der Waals surface area (Å²) < 4.78 is 27.5. The predicted octanol–water partition coefficient (Wildman–Crippen LogP) is 0.225. The molecule has 0 unspecified atom stereocenters. The molecule has 27 heavy (non-hydrogen) atoms. The first-order chi connectivity index (χ1) is 12.8. The molecule has 2 aliphatic rings. The summed E-state index contributed by atoms with van der Waals surface area (Å²) in [4.78, 5) is 13.7. The molecule has 0 bridgehead atoms. The van der Waals surface area contributed by atoms with Gasteiger partial charge < -0.3 is 10.2 Å². The van der Waals surface area contributed by atoms with Gasteiger partial charge in [-0.3, -0.25) is 4.79 Å². The van der Waals surface area contributed by atoms with Crippen LogP contribution in [-0.4, -0.2) is 57.4 Å². The Morgan fingerprint density at radius 2 is 1.81 bits per heavy atom. The van der Waals surface area contributed by atoms with Crippen LogP contribution in [0.5, 0.6) is 0 Å². The largest absolute Gasteiger partial charge is 0.348 e. The van der Waals surface area contributed by atoms with Gasteiger partial charge in [0.1, 0.15) is 0 Å². The number of piperazine rings is 1. The topological polar surface area (TPSA) is 70.9 Å². The molecule has 1 aromatic rings. The fourth-order valence-corrected chi connectivity index (χ4v) is 5.27. The number of carbonyl (C=O) groups is 1. The maximum absolute atomic E-state index is 13.0. The van der Waals surface area contributed by atoms with Crippen LogP contribution < -0.4 is 10.2 Å². The number of benzene rings is 1. The van der Waals surface area contributed by atoms with Gasteiger partial charge in [0.05, 0.1) is 31.1 Å². The van der Waals surface area contributed by atoms with E-state index >= 15 is 0 Å². The second-order valence-electron chi connectivity index (χ2n) is 8.22. The fraction of sp³-hybridized carbons (Fsp3) is 0.650. The van der Waals surface area contributed by atoms with E-state index < -0.39 is 10.0 Å². The second-order valence-corrected chi connectivity index (χ2v) is 10.2. The lowest BCUT2D eigenvalue weighted by Crippen LogP contribution is -3.15. The molecule has 1 aliphatic carbocycles. The molecular formula is C20H32N3O3S+. The second kappa shape index (κ2) is 8.29. The van der Waals surface area contributed by atoms with E-state index in [9.17, 15) is 13.2 Å².